The summed E-state index contributed by atoms with van der Waals surface area (Å²) in [4.78, 5) is 55.3. The van der Waals surface area contributed by atoms with Gasteiger partial charge in [0.2, 0.25) is 12.1 Å². The van der Waals surface area contributed by atoms with Crippen LogP contribution < -0.4 is 15.2 Å². The lowest BCUT2D eigenvalue weighted by atomic mass is 9.76. The molecule has 0 amide bonds. The number of carbonyl (C=O) groups is 4. The number of aliphatic hydroxyl groups is 7. The van der Waals surface area contributed by atoms with Crippen molar-refractivity contribution in [2.24, 2.45) is 5.73 Å². The molecule has 7 rings (SSSR count). The average Bonchev–Trinajstić information content (AvgIpc) is 3.29. The Morgan fingerprint density at radius 1 is 0.909 bits per heavy atom. The molecule has 350 valence electrons. The first-order valence-corrected chi connectivity index (χ1v) is 22.0. The zero-order valence-corrected chi connectivity index (χ0v) is 36.6. The lowest BCUT2D eigenvalue weighted by Gasteiger charge is -2.44. The second-order valence-electron chi connectivity index (χ2n) is 17.4. The van der Waals surface area contributed by atoms with Crippen LogP contribution in [0.15, 0.2) is 54.6 Å². The maximum atomic E-state index is 15.1. The van der Waals surface area contributed by atoms with Gasteiger partial charge in [0, 0.05) is 46.7 Å². The van der Waals surface area contributed by atoms with Crippen LogP contribution in [-0.4, -0.2) is 108 Å². The Balaban J connectivity index is 1.40. The largest absolute Gasteiger partial charge is 0.507 e. The van der Waals surface area contributed by atoms with E-state index in [0.29, 0.717) is 56.1 Å². The van der Waals surface area contributed by atoms with Crippen LogP contribution in [-0.2, 0) is 34.6 Å². The average molecular weight is 910 g/mol. The normalized spacial score (nSPS) is 21.5. The van der Waals surface area contributed by atoms with Crippen molar-refractivity contribution in [2.45, 2.75) is 120 Å². The molecular formula is C50H55NO15. The third-order valence-corrected chi connectivity index (χ3v) is 12.8. The highest BCUT2D eigenvalue weighted by molar-refractivity contribution is 6.31. The molecule has 2 fully saturated rings. The molecule has 66 heavy (non-hydrogen) atoms. The number of rotatable bonds is 15. The van der Waals surface area contributed by atoms with E-state index in [9.17, 15) is 55.2 Å². The molecule has 1 heterocycles. The number of ether oxygens (including phenoxy) is 3. The minimum Gasteiger partial charge on any atom is -0.507 e. The number of aliphatic hydroxyl groups excluding tert-OH is 4. The summed E-state index contributed by atoms with van der Waals surface area (Å²) in [5.74, 6) is -7.12. The Labute approximate surface area is 380 Å². The fourth-order valence-corrected chi connectivity index (χ4v) is 9.32. The number of carbonyl (C=O) groups excluding carboxylic acids is 4. The van der Waals surface area contributed by atoms with Gasteiger partial charge in [-0.1, -0.05) is 67.8 Å². The van der Waals surface area contributed by atoms with Crippen LogP contribution >= 0.6 is 0 Å². The quantitative estimate of drug-likeness (QED) is 0.0239. The Kier molecular flexibility index (Phi) is 14.4. The van der Waals surface area contributed by atoms with E-state index in [1.54, 1.807) is 36.4 Å². The van der Waals surface area contributed by atoms with Gasteiger partial charge in [-0.3, -0.25) is 19.2 Å². The first-order chi connectivity index (χ1) is 31.4. The van der Waals surface area contributed by atoms with Gasteiger partial charge in [0.05, 0.1) is 30.0 Å². The van der Waals surface area contributed by atoms with E-state index in [2.05, 4.69) is 0 Å². The van der Waals surface area contributed by atoms with Crippen molar-refractivity contribution in [2.75, 3.05) is 6.54 Å². The van der Waals surface area contributed by atoms with Crippen LogP contribution in [0.3, 0.4) is 0 Å². The van der Waals surface area contributed by atoms with Gasteiger partial charge in [-0.2, -0.15) is 0 Å². The fourth-order valence-electron chi connectivity index (χ4n) is 9.32. The summed E-state index contributed by atoms with van der Waals surface area (Å²) in [5, 5.41) is 88.1. The topological polar surface area (TPSA) is 284 Å². The molecule has 0 spiro atoms. The van der Waals surface area contributed by atoms with E-state index in [1.165, 1.54) is 19.1 Å². The molecule has 1 aliphatic heterocycles. The molecule has 2 aliphatic carbocycles. The third-order valence-electron chi connectivity index (χ3n) is 12.8. The second-order valence-corrected chi connectivity index (χ2v) is 17.4. The fraction of sp³-hybridized carbons (Fsp3) is 0.400. The van der Waals surface area contributed by atoms with Crippen LogP contribution in [0.4, 0.5) is 0 Å². The maximum absolute atomic E-state index is 15.1. The summed E-state index contributed by atoms with van der Waals surface area (Å²) in [6.07, 6.45) is -0.357. The van der Waals surface area contributed by atoms with E-state index in [4.69, 9.17) is 19.9 Å². The molecule has 10 N–H and O–H groups in total. The van der Waals surface area contributed by atoms with Crippen LogP contribution in [0.1, 0.15) is 140 Å². The first-order valence-electron chi connectivity index (χ1n) is 22.0. The summed E-state index contributed by atoms with van der Waals surface area (Å²) in [6.45, 7) is 2.05. The van der Waals surface area contributed by atoms with Crippen molar-refractivity contribution in [3.63, 3.8) is 0 Å². The zero-order chi connectivity index (χ0) is 47.7. The molecule has 1 saturated heterocycles. The number of phenolic OH excluding ortho intramolecular Hbond substituents is 1. The summed E-state index contributed by atoms with van der Waals surface area (Å²) < 4.78 is 17.3. The molecule has 16 heteroatoms. The van der Waals surface area contributed by atoms with E-state index >= 15 is 4.79 Å². The molecule has 5 atom stereocenters. The van der Waals surface area contributed by atoms with Crippen LogP contribution in [0.25, 0.3) is 12.2 Å². The van der Waals surface area contributed by atoms with Gasteiger partial charge in [-0.15, -0.1) is 0 Å². The summed E-state index contributed by atoms with van der Waals surface area (Å²) in [5.41, 5.74) is 4.53. The summed E-state index contributed by atoms with van der Waals surface area (Å²) in [6, 6.07) is 14.4. The van der Waals surface area contributed by atoms with Gasteiger partial charge < -0.3 is 60.8 Å². The summed E-state index contributed by atoms with van der Waals surface area (Å²) >= 11 is 0. The molecule has 0 unspecified atom stereocenters. The van der Waals surface area contributed by atoms with Crippen molar-refractivity contribution >= 4 is 36.0 Å². The Morgan fingerprint density at radius 3 is 2.32 bits per heavy atom. The second kappa shape index (κ2) is 19.7. The number of hydrogen-bond donors (Lipinski definition) is 9. The zero-order valence-electron chi connectivity index (χ0n) is 36.6. The predicted molar refractivity (Wildman–Crippen MR) is 238 cm³/mol. The number of esters is 1. The molecule has 4 aromatic rings. The minimum absolute atomic E-state index is 0.0342. The van der Waals surface area contributed by atoms with Crippen molar-refractivity contribution in [3.8, 4) is 17.2 Å². The molecule has 0 aromatic heterocycles. The Morgan fingerprint density at radius 2 is 1.64 bits per heavy atom. The highest BCUT2D eigenvalue weighted by atomic mass is 16.7. The first kappa shape index (κ1) is 48.3. The van der Waals surface area contributed by atoms with Gasteiger partial charge in [-0.25, -0.2) is 0 Å². The number of phenols is 1. The standard InChI is InChI=1S/C50H55NO15/c1-26-46(59)50(62,63)47(60)48(64-26)66-39-23-35-42(43(56)34(39)21-30-11-7-13-37(36(30)25-53)49(61)16-4-3-5-17-49)45(58)40-31(24-52)22-38(65-27(2)54)33(41(40)44(35)57)15-14-28-9-6-10-29(19-28)20-32(55)12-8-18-51/h6-7,9-11,13-15,19,22-23,25-26,32,46-48,52,55-56,59-63H,3-5,8,12,16-18,20-21,24,51H2,1-2H3/b15-14+/t26-,32+,46+,47-,48+/m0/s1. The van der Waals surface area contributed by atoms with Crippen LogP contribution in [0.5, 0.6) is 17.2 Å². The van der Waals surface area contributed by atoms with Gasteiger partial charge in [0.1, 0.15) is 23.4 Å². The molecule has 0 radical (unpaired) electrons. The molecule has 16 nitrogen and oxygen atoms in total. The van der Waals surface area contributed by atoms with Gasteiger partial charge in [0.15, 0.2) is 24.0 Å². The van der Waals surface area contributed by atoms with Crippen molar-refractivity contribution in [1.29, 1.82) is 0 Å². The van der Waals surface area contributed by atoms with Crippen LogP contribution in [0, 0.1) is 0 Å². The number of nitrogens with two attached hydrogens (primary N) is 1. The van der Waals surface area contributed by atoms with Gasteiger partial charge in [-0.05, 0) is 91.6 Å². The predicted octanol–water partition coefficient (Wildman–Crippen LogP) is 3.48. The number of aromatic hydroxyl groups is 1. The van der Waals surface area contributed by atoms with Crippen LogP contribution in [0.2, 0.25) is 0 Å². The molecule has 4 aromatic carbocycles. The highest BCUT2D eigenvalue weighted by Crippen LogP contribution is 2.46. The Bertz CT molecular complexity index is 2560. The van der Waals surface area contributed by atoms with Crippen molar-refractivity contribution < 1.29 is 74.2 Å². The van der Waals surface area contributed by atoms with Crippen molar-refractivity contribution in [1.82, 2.24) is 0 Å². The Hall–Kier alpha value is -5.66. The molecule has 1 saturated carbocycles. The lowest BCUT2D eigenvalue weighted by Crippen LogP contribution is -2.67. The van der Waals surface area contributed by atoms with E-state index in [1.807, 2.05) is 12.1 Å². The number of benzene rings is 4. The monoisotopic (exact) mass is 909 g/mol. The number of aldehydes is 1. The van der Waals surface area contributed by atoms with E-state index < -0.39 is 88.9 Å². The number of hydrogen-bond acceptors (Lipinski definition) is 16. The summed E-state index contributed by atoms with van der Waals surface area (Å²) in [7, 11) is 0. The van der Waals surface area contributed by atoms with E-state index in [0.717, 1.165) is 37.8 Å². The van der Waals surface area contributed by atoms with Crippen molar-refractivity contribution in [3.05, 3.63) is 121 Å². The number of fused-ring (bicyclic) bond motifs is 2. The molecule has 3 aliphatic rings. The van der Waals surface area contributed by atoms with Gasteiger partial charge in [0.25, 0.3) is 0 Å². The smallest absolute Gasteiger partial charge is 0.308 e. The molecular weight excluding hydrogens is 855 g/mol. The highest BCUT2D eigenvalue weighted by Gasteiger charge is 2.54. The molecule has 0 bridgehead atoms. The van der Waals surface area contributed by atoms with Gasteiger partial charge >= 0.3 is 5.97 Å². The minimum atomic E-state index is -3.16. The third kappa shape index (κ3) is 9.34. The SMILES string of the molecule is CC(=O)Oc1cc(CO)c2c(c1/C=C/c1cccc(C[C@H](O)CCCN)c1)C(=O)c1cc(O[C@H]3O[C@@H](C)[C@@H](O)C(O)(O)[C@H]3O)c(Cc3cccc(C4(O)CCCCC4)c3C=O)c(O)c1C2=O. The lowest BCUT2D eigenvalue weighted by molar-refractivity contribution is -0.371. The number of ketones is 2. The maximum Gasteiger partial charge on any atom is 0.308 e. The van der Waals surface area contributed by atoms with E-state index in [-0.39, 0.29) is 51.1 Å².